The van der Waals surface area contributed by atoms with Crippen LogP contribution in [0.3, 0.4) is 0 Å². The number of H-pyrrole nitrogens is 1. The Morgan fingerprint density at radius 2 is 1.62 bits per heavy atom. The van der Waals surface area contributed by atoms with E-state index in [1.807, 2.05) is 31.2 Å². The van der Waals surface area contributed by atoms with E-state index in [-0.39, 0.29) is 29.6 Å². The number of aromatic amines is 1. The Morgan fingerprint density at radius 1 is 0.946 bits per heavy atom. The zero-order valence-corrected chi connectivity index (χ0v) is 20.5. The summed E-state index contributed by atoms with van der Waals surface area (Å²) < 4.78 is 0. The highest BCUT2D eigenvalue weighted by Gasteiger charge is 2.37. The molecule has 2 aliphatic rings. The van der Waals surface area contributed by atoms with Gasteiger partial charge in [0.25, 0.3) is 11.8 Å². The Hall–Kier alpha value is -4.33. The monoisotopic (exact) mass is 493 g/mol. The van der Waals surface area contributed by atoms with E-state index in [1.54, 1.807) is 30.5 Å². The number of fused-ring (bicyclic) bond motifs is 2. The minimum Gasteiger partial charge on any atom is -0.367 e. The molecule has 0 atom stereocenters. The van der Waals surface area contributed by atoms with Crippen molar-refractivity contribution in [3.8, 4) is 0 Å². The molecule has 6 rings (SSSR count). The maximum Gasteiger partial charge on any atom is 0.261 e. The lowest BCUT2D eigenvalue weighted by Crippen LogP contribution is -2.37. The van der Waals surface area contributed by atoms with Gasteiger partial charge in [0, 0.05) is 24.3 Å². The highest BCUT2D eigenvalue weighted by molar-refractivity contribution is 6.21. The quantitative estimate of drug-likeness (QED) is 0.296. The number of carbonyl (C=O) groups is 3. The second-order valence-corrected chi connectivity index (χ2v) is 9.92. The molecule has 1 aliphatic carbocycles. The van der Waals surface area contributed by atoms with E-state index in [2.05, 4.69) is 20.3 Å². The molecule has 0 unspecified atom stereocenters. The molecule has 37 heavy (non-hydrogen) atoms. The number of nitrogens with zero attached hydrogens (tertiary/aromatic N) is 3. The summed E-state index contributed by atoms with van der Waals surface area (Å²) in [5, 5.41) is 4.24. The van der Waals surface area contributed by atoms with E-state index in [4.69, 9.17) is 0 Å². The molecule has 2 amide bonds. The van der Waals surface area contributed by atoms with Gasteiger partial charge in [-0.2, -0.15) is 0 Å². The number of hydrogen-bond donors (Lipinski definition) is 2. The average Bonchev–Trinajstić information content (AvgIpc) is 3.46. The molecule has 8 heteroatoms. The van der Waals surface area contributed by atoms with Crippen LogP contribution in [0.15, 0.2) is 61.1 Å². The summed E-state index contributed by atoms with van der Waals surface area (Å²) in [4.78, 5) is 52.2. The average molecular weight is 494 g/mol. The molecular weight excluding hydrogens is 466 g/mol. The lowest BCUT2D eigenvalue weighted by Gasteiger charge is -2.31. The number of carbonyl (C=O) groups excluding carboxylic acids is 3. The van der Waals surface area contributed by atoms with Gasteiger partial charge in [0.1, 0.15) is 17.8 Å². The lowest BCUT2D eigenvalue weighted by molar-refractivity contribution is 0.0615. The highest BCUT2D eigenvalue weighted by Crippen LogP contribution is 2.32. The van der Waals surface area contributed by atoms with Crippen molar-refractivity contribution in [3.63, 3.8) is 0 Å². The van der Waals surface area contributed by atoms with Crippen LogP contribution in [0.5, 0.6) is 0 Å². The molecule has 0 radical (unpaired) electrons. The molecule has 8 nitrogen and oxygen atoms in total. The zero-order chi connectivity index (χ0) is 25.5. The molecule has 0 saturated heterocycles. The number of aromatic nitrogens is 3. The number of ketones is 1. The summed E-state index contributed by atoms with van der Waals surface area (Å²) in [7, 11) is 0. The summed E-state index contributed by atoms with van der Waals surface area (Å²) in [6, 6.07) is 14.7. The number of rotatable bonds is 6. The van der Waals surface area contributed by atoms with Crippen molar-refractivity contribution in [2.75, 3.05) is 11.9 Å². The number of nitrogens with one attached hydrogen (secondary N) is 2. The van der Waals surface area contributed by atoms with Gasteiger partial charge in [-0.1, -0.05) is 36.4 Å². The summed E-state index contributed by atoms with van der Waals surface area (Å²) in [5.74, 6) is 0.458. The van der Waals surface area contributed by atoms with Gasteiger partial charge < -0.3 is 10.3 Å². The van der Waals surface area contributed by atoms with Gasteiger partial charge in [0.05, 0.1) is 22.1 Å². The largest absolute Gasteiger partial charge is 0.367 e. The molecule has 4 aromatic rings. The number of anilines is 1. The number of hydrogen-bond acceptors (Lipinski definition) is 6. The van der Waals surface area contributed by atoms with Crippen molar-refractivity contribution >= 4 is 34.4 Å². The van der Waals surface area contributed by atoms with E-state index in [1.165, 1.54) is 11.2 Å². The van der Waals surface area contributed by atoms with Gasteiger partial charge in [-0.3, -0.25) is 19.3 Å². The SMILES string of the molecule is Cc1ccccc1C(=O)c1c[nH]c2ncnc(NC3CCC(CN4C(=O)c5ccccc5C4=O)CC3)c12. The van der Waals surface area contributed by atoms with Crippen molar-refractivity contribution in [1.29, 1.82) is 0 Å². The standard InChI is InChI=1S/C29H27N5O3/c1-17-6-2-3-7-20(17)25(35)23-14-30-26-24(23)27(32-16-31-26)33-19-12-10-18(11-13-19)15-34-28(36)21-8-4-5-9-22(21)29(34)37/h2-9,14,16,18-19H,10-13,15H2,1H3,(H2,30,31,32,33). The third-order valence-electron chi connectivity index (χ3n) is 7.61. The van der Waals surface area contributed by atoms with Crippen LogP contribution in [-0.2, 0) is 0 Å². The number of amides is 2. The van der Waals surface area contributed by atoms with E-state index < -0.39 is 0 Å². The second-order valence-electron chi connectivity index (χ2n) is 9.92. The first kappa shape index (κ1) is 23.1. The van der Waals surface area contributed by atoms with Gasteiger partial charge in [-0.15, -0.1) is 0 Å². The van der Waals surface area contributed by atoms with Crippen molar-refractivity contribution < 1.29 is 14.4 Å². The zero-order valence-electron chi connectivity index (χ0n) is 20.5. The summed E-state index contributed by atoms with van der Waals surface area (Å²) in [5.41, 5.74) is 3.74. The molecule has 1 aliphatic heterocycles. The van der Waals surface area contributed by atoms with E-state index >= 15 is 0 Å². The topological polar surface area (TPSA) is 108 Å². The first-order valence-corrected chi connectivity index (χ1v) is 12.7. The third-order valence-corrected chi connectivity index (χ3v) is 7.61. The van der Waals surface area contributed by atoms with Gasteiger partial charge in [0.15, 0.2) is 5.78 Å². The maximum absolute atomic E-state index is 13.4. The Balaban J connectivity index is 1.15. The molecule has 2 aromatic carbocycles. The first-order chi connectivity index (χ1) is 18.0. The van der Waals surface area contributed by atoms with Crippen molar-refractivity contribution in [1.82, 2.24) is 19.9 Å². The molecule has 1 saturated carbocycles. The van der Waals surface area contributed by atoms with Crippen LogP contribution in [0.1, 0.15) is 67.9 Å². The van der Waals surface area contributed by atoms with E-state index in [0.717, 1.165) is 31.2 Å². The van der Waals surface area contributed by atoms with Gasteiger partial charge in [-0.05, 0) is 56.2 Å². The molecule has 3 heterocycles. The number of benzene rings is 2. The fraction of sp³-hybridized carbons (Fsp3) is 0.276. The molecule has 0 spiro atoms. The third kappa shape index (κ3) is 4.08. The second kappa shape index (κ2) is 9.28. The first-order valence-electron chi connectivity index (χ1n) is 12.7. The van der Waals surface area contributed by atoms with Crippen molar-refractivity contribution in [3.05, 3.63) is 88.9 Å². The molecule has 0 bridgehead atoms. The lowest BCUT2D eigenvalue weighted by atomic mass is 9.85. The minimum absolute atomic E-state index is 0.0631. The molecular formula is C29H27N5O3. The molecule has 2 aromatic heterocycles. The number of aryl methyl sites for hydroxylation is 1. The summed E-state index contributed by atoms with van der Waals surface area (Å²) >= 11 is 0. The Bertz CT molecular complexity index is 1500. The molecule has 2 N–H and O–H groups in total. The van der Waals surface area contributed by atoms with Crippen molar-refractivity contribution in [2.24, 2.45) is 5.92 Å². The van der Waals surface area contributed by atoms with Crippen LogP contribution in [0.4, 0.5) is 5.82 Å². The Labute approximate surface area is 214 Å². The minimum atomic E-state index is -0.192. The van der Waals surface area contributed by atoms with Crippen LogP contribution in [0.25, 0.3) is 11.0 Å². The van der Waals surface area contributed by atoms with Crippen LogP contribution in [0, 0.1) is 12.8 Å². The maximum atomic E-state index is 13.4. The van der Waals surface area contributed by atoms with Crippen LogP contribution >= 0.6 is 0 Å². The Kier molecular flexibility index (Phi) is 5.79. The van der Waals surface area contributed by atoms with Crippen LogP contribution in [-0.4, -0.2) is 50.0 Å². The number of imide groups is 1. The molecule has 186 valence electrons. The fourth-order valence-electron chi connectivity index (χ4n) is 5.57. The van der Waals surface area contributed by atoms with Crippen LogP contribution in [0.2, 0.25) is 0 Å². The highest BCUT2D eigenvalue weighted by atomic mass is 16.2. The predicted octanol–water partition coefficient (Wildman–Crippen LogP) is 4.76. The van der Waals surface area contributed by atoms with Crippen LogP contribution < -0.4 is 5.32 Å². The van der Waals surface area contributed by atoms with Gasteiger partial charge in [-0.25, -0.2) is 9.97 Å². The molecule has 1 fully saturated rings. The van der Waals surface area contributed by atoms with E-state index in [9.17, 15) is 14.4 Å². The van der Waals surface area contributed by atoms with E-state index in [0.29, 0.717) is 45.6 Å². The normalized spacial score (nSPS) is 19.3. The summed E-state index contributed by atoms with van der Waals surface area (Å²) in [6.07, 6.45) is 6.74. The smallest absolute Gasteiger partial charge is 0.261 e. The summed E-state index contributed by atoms with van der Waals surface area (Å²) in [6.45, 7) is 2.38. The van der Waals surface area contributed by atoms with Crippen molar-refractivity contribution in [2.45, 2.75) is 38.6 Å². The Morgan fingerprint density at radius 3 is 2.32 bits per heavy atom. The van der Waals surface area contributed by atoms with Gasteiger partial charge >= 0.3 is 0 Å². The predicted molar refractivity (Wildman–Crippen MR) is 140 cm³/mol. The fourth-order valence-corrected chi connectivity index (χ4v) is 5.57. The van der Waals surface area contributed by atoms with Gasteiger partial charge in [0.2, 0.25) is 0 Å².